The van der Waals surface area contributed by atoms with Crippen LogP contribution >= 0.6 is 0 Å². The highest BCUT2D eigenvalue weighted by Gasteiger charge is 2.18. The van der Waals surface area contributed by atoms with E-state index in [2.05, 4.69) is 50.5 Å². The number of benzene rings is 1. The maximum absolute atomic E-state index is 4.06. The van der Waals surface area contributed by atoms with Crippen LogP contribution < -0.4 is 5.32 Å². The predicted molar refractivity (Wildman–Crippen MR) is 71.3 cm³/mol. The molecule has 0 bridgehead atoms. The molecule has 0 fully saturated rings. The van der Waals surface area contributed by atoms with Crippen molar-refractivity contribution in [2.24, 2.45) is 0 Å². The number of aryl methyl sites for hydroxylation is 1. The van der Waals surface area contributed by atoms with Crippen molar-refractivity contribution >= 4 is 11.3 Å². The van der Waals surface area contributed by atoms with E-state index in [0.717, 1.165) is 22.5 Å². The molecule has 1 N–H and O–H groups in total. The lowest BCUT2D eigenvalue weighted by molar-refractivity contribution is 1.28. The van der Waals surface area contributed by atoms with E-state index in [-0.39, 0.29) is 0 Å². The van der Waals surface area contributed by atoms with Gasteiger partial charge in [0.2, 0.25) is 0 Å². The monoisotopic (exact) mass is 211 g/mol. The Hall–Kier alpha value is -1.76. The molecule has 0 amide bonds. The molecule has 82 valence electrons. The smallest absolute Gasteiger partial charge is 0.0460 e. The number of rotatable bonds is 1. The van der Waals surface area contributed by atoms with Crippen LogP contribution in [0.25, 0.3) is 5.57 Å². The first-order valence-corrected chi connectivity index (χ1v) is 5.45. The molecule has 2 rings (SSSR count). The molecule has 1 nitrogen and oxygen atoms in total. The highest BCUT2D eigenvalue weighted by atomic mass is 14.9. The fourth-order valence-electron chi connectivity index (χ4n) is 2.24. The Balaban J connectivity index is 2.69. The molecule has 1 heterocycles. The van der Waals surface area contributed by atoms with E-state index in [1.54, 1.807) is 0 Å². The zero-order valence-electron chi connectivity index (χ0n) is 10.1. The van der Waals surface area contributed by atoms with Gasteiger partial charge in [0.15, 0.2) is 0 Å². The van der Waals surface area contributed by atoms with Gasteiger partial charge in [0.1, 0.15) is 0 Å². The Morgan fingerprint density at radius 1 is 1.25 bits per heavy atom. The SMILES string of the molecule is C=C(C)C1=C(C)c2cc(C)ccc2NC1=C. The fraction of sp³-hybridized carbons (Fsp3) is 0.200. The minimum Gasteiger partial charge on any atom is -0.355 e. The summed E-state index contributed by atoms with van der Waals surface area (Å²) in [4.78, 5) is 0. The Bertz CT molecular complexity index is 518. The van der Waals surface area contributed by atoms with Crippen molar-refractivity contribution in [3.8, 4) is 0 Å². The van der Waals surface area contributed by atoms with Crippen molar-refractivity contribution in [3.05, 3.63) is 59.3 Å². The Morgan fingerprint density at radius 2 is 1.94 bits per heavy atom. The quantitative estimate of drug-likeness (QED) is 0.731. The first-order chi connectivity index (χ1) is 7.50. The largest absolute Gasteiger partial charge is 0.355 e. The average Bonchev–Trinajstić information content (AvgIpc) is 2.19. The molecule has 1 aliphatic heterocycles. The van der Waals surface area contributed by atoms with Gasteiger partial charge < -0.3 is 5.32 Å². The summed E-state index contributed by atoms with van der Waals surface area (Å²) in [5.74, 6) is 0. The lowest BCUT2D eigenvalue weighted by atomic mass is 9.90. The summed E-state index contributed by atoms with van der Waals surface area (Å²) in [6.45, 7) is 14.3. The van der Waals surface area contributed by atoms with Crippen molar-refractivity contribution in [2.75, 3.05) is 5.32 Å². The van der Waals surface area contributed by atoms with Gasteiger partial charge in [0, 0.05) is 22.5 Å². The number of allylic oxidation sites excluding steroid dienone is 2. The minimum absolute atomic E-state index is 0.946. The van der Waals surface area contributed by atoms with Crippen LogP contribution in [0.3, 0.4) is 0 Å². The van der Waals surface area contributed by atoms with E-state index in [9.17, 15) is 0 Å². The lowest BCUT2D eigenvalue weighted by Gasteiger charge is -2.25. The second-order valence-corrected chi connectivity index (χ2v) is 4.43. The van der Waals surface area contributed by atoms with E-state index >= 15 is 0 Å². The first-order valence-electron chi connectivity index (χ1n) is 5.45. The fourth-order valence-corrected chi connectivity index (χ4v) is 2.24. The Kier molecular flexibility index (Phi) is 2.47. The highest BCUT2D eigenvalue weighted by molar-refractivity contribution is 5.87. The molecule has 0 saturated heterocycles. The number of hydrogen-bond acceptors (Lipinski definition) is 1. The molecule has 0 aliphatic carbocycles. The summed E-state index contributed by atoms with van der Waals surface area (Å²) in [6, 6.07) is 6.42. The molecule has 1 aromatic carbocycles. The van der Waals surface area contributed by atoms with Gasteiger partial charge in [-0.2, -0.15) is 0 Å². The van der Waals surface area contributed by atoms with Crippen molar-refractivity contribution < 1.29 is 0 Å². The number of nitrogens with one attached hydrogen (secondary N) is 1. The molecule has 1 heteroatoms. The Labute approximate surface area is 97.2 Å². The van der Waals surface area contributed by atoms with Crippen LogP contribution in [0.1, 0.15) is 25.0 Å². The van der Waals surface area contributed by atoms with Gasteiger partial charge in [0.25, 0.3) is 0 Å². The van der Waals surface area contributed by atoms with Gasteiger partial charge in [-0.15, -0.1) is 0 Å². The Morgan fingerprint density at radius 3 is 2.56 bits per heavy atom. The van der Waals surface area contributed by atoms with Crippen LogP contribution in [0.15, 0.2) is 48.2 Å². The van der Waals surface area contributed by atoms with E-state index in [1.165, 1.54) is 16.7 Å². The van der Waals surface area contributed by atoms with E-state index < -0.39 is 0 Å². The minimum atomic E-state index is 0.946. The molecule has 1 aromatic rings. The normalized spacial score (nSPS) is 14.6. The molecule has 0 radical (unpaired) electrons. The predicted octanol–water partition coefficient (Wildman–Crippen LogP) is 4.28. The van der Waals surface area contributed by atoms with Crippen LogP contribution in [0.2, 0.25) is 0 Å². The van der Waals surface area contributed by atoms with Crippen LogP contribution in [0.4, 0.5) is 5.69 Å². The lowest BCUT2D eigenvalue weighted by Crippen LogP contribution is -2.11. The van der Waals surface area contributed by atoms with Crippen molar-refractivity contribution in [2.45, 2.75) is 20.8 Å². The van der Waals surface area contributed by atoms with E-state index in [0.29, 0.717) is 0 Å². The second-order valence-electron chi connectivity index (χ2n) is 4.43. The third kappa shape index (κ3) is 1.58. The molecule has 0 atom stereocenters. The number of hydrogen-bond donors (Lipinski definition) is 1. The molecule has 0 aromatic heterocycles. The summed E-state index contributed by atoms with van der Waals surface area (Å²) in [7, 11) is 0. The summed E-state index contributed by atoms with van der Waals surface area (Å²) in [5.41, 5.74) is 8.08. The van der Waals surface area contributed by atoms with Gasteiger partial charge >= 0.3 is 0 Å². The van der Waals surface area contributed by atoms with Crippen molar-refractivity contribution in [1.82, 2.24) is 0 Å². The molecule has 1 aliphatic rings. The van der Waals surface area contributed by atoms with Gasteiger partial charge in [-0.25, -0.2) is 0 Å². The topological polar surface area (TPSA) is 12.0 Å². The molecule has 16 heavy (non-hydrogen) atoms. The van der Waals surface area contributed by atoms with Crippen LogP contribution in [0, 0.1) is 6.92 Å². The summed E-state index contributed by atoms with van der Waals surface area (Å²) < 4.78 is 0. The van der Waals surface area contributed by atoms with Gasteiger partial charge in [-0.3, -0.25) is 0 Å². The average molecular weight is 211 g/mol. The van der Waals surface area contributed by atoms with Gasteiger partial charge in [-0.1, -0.05) is 24.8 Å². The third-order valence-corrected chi connectivity index (χ3v) is 2.97. The van der Waals surface area contributed by atoms with E-state index in [4.69, 9.17) is 0 Å². The molecular formula is C15H17N. The van der Waals surface area contributed by atoms with Crippen LogP contribution in [0.5, 0.6) is 0 Å². The van der Waals surface area contributed by atoms with Crippen molar-refractivity contribution in [1.29, 1.82) is 0 Å². The standard InChI is InChI=1S/C15H17N/c1-9(2)15-11(4)13-8-10(3)6-7-14(13)16-12(15)5/h6-8,16H,1,5H2,2-4H3. The highest BCUT2D eigenvalue weighted by Crippen LogP contribution is 2.37. The molecular weight excluding hydrogens is 194 g/mol. The molecule has 0 unspecified atom stereocenters. The molecule has 0 saturated carbocycles. The maximum Gasteiger partial charge on any atom is 0.0460 e. The maximum atomic E-state index is 4.06. The van der Waals surface area contributed by atoms with Gasteiger partial charge in [-0.05, 0) is 44.1 Å². The summed E-state index contributed by atoms with van der Waals surface area (Å²) in [5, 5.41) is 3.34. The van der Waals surface area contributed by atoms with E-state index in [1.807, 2.05) is 6.92 Å². The zero-order chi connectivity index (χ0) is 11.9. The van der Waals surface area contributed by atoms with Crippen LogP contribution in [-0.2, 0) is 0 Å². The van der Waals surface area contributed by atoms with Crippen LogP contribution in [-0.4, -0.2) is 0 Å². The summed E-state index contributed by atoms with van der Waals surface area (Å²) in [6.07, 6.45) is 0. The number of anilines is 1. The zero-order valence-corrected chi connectivity index (χ0v) is 10.1. The number of fused-ring (bicyclic) bond motifs is 1. The van der Waals surface area contributed by atoms with Gasteiger partial charge in [0.05, 0.1) is 0 Å². The summed E-state index contributed by atoms with van der Waals surface area (Å²) >= 11 is 0. The second kappa shape index (κ2) is 3.67. The molecule has 0 spiro atoms. The van der Waals surface area contributed by atoms with Crippen molar-refractivity contribution in [3.63, 3.8) is 0 Å². The first kappa shape index (κ1) is 10.7. The third-order valence-electron chi connectivity index (χ3n) is 2.97.